The highest BCUT2D eigenvalue weighted by molar-refractivity contribution is 5.72. The van der Waals surface area contributed by atoms with E-state index in [0.29, 0.717) is 18.7 Å². The van der Waals surface area contributed by atoms with Gasteiger partial charge in [-0.05, 0) is 19.1 Å². The molecule has 0 radical (unpaired) electrons. The van der Waals surface area contributed by atoms with Gasteiger partial charge in [0.1, 0.15) is 5.69 Å². The van der Waals surface area contributed by atoms with Gasteiger partial charge in [0.05, 0.1) is 24.9 Å². The predicted octanol–water partition coefficient (Wildman–Crippen LogP) is 0.969. The van der Waals surface area contributed by atoms with Crippen LogP contribution < -0.4 is 4.90 Å². The normalized spacial score (nSPS) is 15.8. The zero-order valence-corrected chi connectivity index (χ0v) is 12.3. The highest BCUT2D eigenvalue weighted by atomic mass is 16.5. The smallest absolute Gasteiger partial charge is 0.307 e. The summed E-state index contributed by atoms with van der Waals surface area (Å²) in [5.74, 6) is -0.131. The summed E-state index contributed by atoms with van der Waals surface area (Å²) in [5, 5.41) is 0. The fourth-order valence-electron chi connectivity index (χ4n) is 2.37. The maximum Gasteiger partial charge on any atom is 0.307 e. The Kier molecular flexibility index (Phi) is 5.68. The van der Waals surface area contributed by atoms with Crippen LogP contribution in [-0.4, -0.2) is 61.5 Å². The Morgan fingerprint density at radius 2 is 2.10 bits per heavy atom. The number of esters is 1. The third-order valence-corrected chi connectivity index (χ3v) is 3.57. The van der Waals surface area contributed by atoms with Gasteiger partial charge in [-0.2, -0.15) is 0 Å². The number of aldehydes is 1. The Bertz CT molecular complexity index is 468. The van der Waals surface area contributed by atoms with E-state index in [4.69, 9.17) is 4.74 Å². The van der Waals surface area contributed by atoms with Crippen LogP contribution in [0.5, 0.6) is 0 Å². The van der Waals surface area contributed by atoms with Crippen molar-refractivity contribution in [2.24, 2.45) is 0 Å². The highest BCUT2D eigenvalue weighted by Gasteiger charge is 2.18. The van der Waals surface area contributed by atoms with Gasteiger partial charge < -0.3 is 9.64 Å². The van der Waals surface area contributed by atoms with Crippen molar-refractivity contribution >= 4 is 17.9 Å². The summed E-state index contributed by atoms with van der Waals surface area (Å²) in [6.07, 6.45) is 2.93. The summed E-state index contributed by atoms with van der Waals surface area (Å²) in [5.41, 5.74) is 1.48. The van der Waals surface area contributed by atoms with Crippen molar-refractivity contribution in [3.63, 3.8) is 0 Å². The number of aromatic nitrogens is 1. The highest BCUT2D eigenvalue weighted by Crippen LogP contribution is 2.15. The van der Waals surface area contributed by atoms with Gasteiger partial charge in [0.15, 0.2) is 6.29 Å². The Labute approximate surface area is 124 Å². The molecule has 1 saturated heterocycles. The summed E-state index contributed by atoms with van der Waals surface area (Å²) in [7, 11) is 0. The average molecular weight is 291 g/mol. The molecular weight excluding hydrogens is 270 g/mol. The minimum Gasteiger partial charge on any atom is -0.466 e. The zero-order valence-electron chi connectivity index (χ0n) is 12.3. The van der Waals surface area contributed by atoms with Crippen LogP contribution >= 0.6 is 0 Å². The van der Waals surface area contributed by atoms with E-state index in [1.54, 1.807) is 12.3 Å². The summed E-state index contributed by atoms with van der Waals surface area (Å²) < 4.78 is 4.93. The number of nitrogens with zero attached hydrogens (tertiary/aromatic N) is 3. The van der Waals surface area contributed by atoms with Crippen molar-refractivity contribution in [3.8, 4) is 0 Å². The van der Waals surface area contributed by atoms with Gasteiger partial charge in [0.25, 0.3) is 0 Å². The molecule has 0 unspecified atom stereocenters. The average Bonchev–Trinajstić information content (AvgIpc) is 2.54. The molecule has 0 N–H and O–H groups in total. The van der Waals surface area contributed by atoms with Crippen molar-refractivity contribution in [1.29, 1.82) is 0 Å². The molecule has 6 heteroatoms. The molecule has 2 heterocycles. The molecule has 0 aromatic carbocycles. The fourth-order valence-corrected chi connectivity index (χ4v) is 2.37. The number of piperazine rings is 1. The van der Waals surface area contributed by atoms with Crippen LogP contribution in [0.25, 0.3) is 0 Å². The molecular formula is C15H21N3O3. The van der Waals surface area contributed by atoms with E-state index in [1.807, 2.05) is 13.0 Å². The van der Waals surface area contributed by atoms with E-state index >= 15 is 0 Å². The molecule has 1 aromatic rings. The topological polar surface area (TPSA) is 62.7 Å². The lowest BCUT2D eigenvalue weighted by molar-refractivity contribution is -0.143. The van der Waals surface area contributed by atoms with Crippen LogP contribution in [0.15, 0.2) is 18.3 Å². The standard InChI is InChI=1S/C15H21N3O3/c1-2-21-15(20)5-6-17-7-9-18(10-8-17)14-4-3-13(12-19)16-11-14/h3-4,11-12H,2,5-10H2,1H3. The molecule has 0 bridgehead atoms. The van der Waals surface area contributed by atoms with Gasteiger partial charge in [-0.15, -0.1) is 0 Å². The quantitative estimate of drug-likeness (QED) is 0.575. The van der Waals surface area contributed by atoms with Crippen LogP contribution in [0.4, 0.5) is 5.69 Å². The monoisotopic (exact) mass is 291 g/mol. The maximum absolute atomic E-state index is 11.3. The first-order chi connectivity index (χ1) is 10.2. The second-order valence-electron chi connectivity index (χ2n) is 4.94. The molecule has 0 amide bonds. The van der Waals surface area contributed by atoms with E-state index in [-0.39, 0.29) is 5.97 Å². The number of carbonyl (C=O) groups excluding carboxylic acids is 2. The molecule has 1 aliphatic rings. The Morgan fingerprint density at radius 3 is 2.67 bits per heavy atom. The number of hydrogen-bond acceptors (Lipinski definition) is 6. The first-order valence-electron chi connectivity index (χ1n) is 7.27. The van der Waals surface area contributed by atoms with Crippen molar-refractivity contribution in [1.82, 2.24) is 9.88 Å². The zero-order chi connectivity index (χ0) is 15.1. The van der Waals surface area contributed by atoms with E-state index in [0.717, 1.165) is 44.7 Å². The van der Waals surface area contributed by atoms with Gasteiger partial charge in [0, 0.05) is 32.7 Å². The number of ether oxygens (including phenoxy) is 1. The molecule has 21 heavy (non-hydrogen) atoms. The minimum atomic E-state index is -0.131. The molecule has 1 fully saturated rings. The first-order valence-corrected chi connectivity index (χ1v) is 7.27. The molecule has 114 valence electrons. The largest absolute Gasteiger partial charge is 0.466 e. The molecule has 0 atom stereocenters. The summed E-state index contributed by atoms with van der Waals surface area (Å²) in [4.78, 5) is 30.5. The third kappa shape index (κ3) is 4.53. The molecule has 0 spiro atoms. The first kappa shape index (κ1) is 15.4. The van der Waals surface area contributed by atoms with Gasteiger partial charge in [-0.25, -0.2) is 0 Å². The lowest BCUT2D eigenvalue weighted by Crippen LogP contribution is -2.47. The van der Waals surface area contributed by atoms with Crippen LogP contribution in [0.1, 0.15) is 23.8 Å². The Hall–Kier alpha value is -1.95. The summed E-state index contributed by atoms with van der Waals surface area (Å²) in [6, 6.07) is 3.65. The number of rotatable bonds is 6. The Morgan fingerprint density at radius 1 is 1.33 bits per heavy atom. The van der Waals surface area contributed by atoms with Gasteiger partial charge in [0.2, 0.25) is 0 Å². The van der Waals surface area contributed by atoms with Crippen molar-refractivity contribution in [2.75, 3.05) is 44.2 Å². The number of carbonyl (C=O) groups is 2. The molecule has 1 aromatic heterocycles. The molecule has 0 aliphatic carbocycles. The van der Waals surface area contributed by atoms with E-state index in [2.05, 4.69) is 14.8 Å². The summed E-state index contributed by atoms with van der Waals surface area (Å²) >= 11 is 0. The fraction of sp³-hybridized carbons (Fsp3) is 0.533. The molecule has 6 nitrogen and oxygen atoms in total. The van der Waals surface area contributed by atoms with Crippen LogP contribution in [0.3, 0.4) is 0 Å². The van der Waals surface area contributed by atoms with Gasteiger partial charge in [-0.3, -0.25) is 19.5 Å². The van der Waals surface area contributed by atoms with Crippen LogP contribution in [0.2, 0.25) is 0 Å². The van der Waals surface area contributed by atoms with Crippen molar-refractivity contribution in [2.45, 2.75) is 13.3 Å². The lowest BCUT2D eigenvalue weighted by atomic mass is 10.2. The van der Waals surface area contributed by atoms with E-state index < -0.39 is 0 Å². The van der Waals surface area contributed by atoms with E-state index in [9.17, 15) is 9.59 Å². The van der Waals surface area contributed by atoms with E-state index in [1.165, 1.54) is 0 Å². The minimum absolute atomic E-state index is 0.131. The number of hydrogen-bond donors (Lipinski definition) is 0. The number of anilines is 1. The maximum atomic E-state index is 11.3. The van der Waals surface area contributed by atoms with Crippen LogP contribution in [0, 0.1) is 0 Å². The Balaban J connectivity index is 1.77. The van der Waals surface area contributed by atoms with Crippen molar-refractivity contribution < 1.29 is 14.3 Å². The molecule has 2 rings (SSSR count). The van der Waals surface area contributed by atoms with Crippen molar-refractivity contribution in [3.05, 3.63) is 24.0 Å². The second-order valence-corrected chi connectivity index (χ2v) is 4.94. The molecule has 0 saturated carbocycles. The lowest BCUT2D eigenvalue weighted by Gasteiger charge is -2.35. The number of pyridine rings is 1. The van der Waals surface area contributed by atoms with Gasteiger partial charge in [-0.1, -0.05) is 0 Å². The predicted molar refractivity (Wildman–Crippen MR) is 79.5 cm³/mol. The SMILES string of the molecule is CCOC(=O)CCN1CCN(c2ccc(C=O)nc2)CC1. The third-order valence-electron chi connectivity index (χ3n) is 3.57. The summed E-state index contributed by atoms with van der Waals surface area (Å²) in [6.45, 7) is 6.62. The van der Waals surface area contributed by atoms with Gasteiger partial charge >= 0.3 is 5.97 Å². The second kappa shape index (κ2) is 7.73. The van der Waals surface area contributed by atoms with Crippen LogP contribution in [-0.2, 0) is 9.53 Å². The molecule has 1 aliphatic heterocycles.